The van der Waals surface area contributed by atoms with Crippen LogP contribution < -0.4 is 16.0 Å². The number of carboxylic acids is 1. The average Bonchev–Trinajstić information content (AvgIpc) is 2.32. The Morgan fingerprint density at radius 2 is 2.11 bits per heavy atom. The van der Waals surface area contributed by atoms with Gasteiger partial charge in [0.1, 0.15) is 6.04 Å². The predicted octanol–water partition coefficient (Wildman–Crippen LogP) is -2.07. The number of amides is 4. The van der Waals surface area contributed by atoms with Crippen molar-refractivity contribution in [1.82, 2.24) is 16.0 Å². The highest BCUT2D eigenvalue weighted by Crippen LogP contribution is 2.03. The smallest absolute Gasteiger partial charge is 0.332 e. The van der Waals surface area contributed by atoms with Gasteiger partial charge in [0, 0.05) is 19.4 Å². The maximum Gasteiger partial charge on any atom is 0.332 e. The molecule has 0 saturated carbocycles. The van der Waals surface area contributed by atoms with Gasteiger partial charge in [-0.05, 0) is 6.42 Å². The average molecular weight is 273 g/mol. The summed E-state index contributed by atoms with van der Waals surface area (Å²) in [5.41, 5.74) is 0. The monoisotopic (exact) mass is 273 g/mol. The van der Waals surface area contributed by atoms with E-state index in [1.807, 2.05) is 0 Å². The number of urea groups is 1. The molecular weight excluding hydrogens is 258 g/mol. The van der Waals surface area contributed by atoms with Crippen LogP contribution in [0, 0.1) is 0 Å². The van der Waals surface area contributed by atoms with Gasteiger partial charge in [0.15, 0.2) is 6.10 Å². The molecule has 0 radical (unpaired) electrons. The van der Waals surface area contributed by atoms with Gasteiger partial charge >= 0.3 is 12.0 Å². The summed E-state index contributed by atoms with van der Waals surface area (Å²) >= 11 is 0. The van der Waals surface area contributed by atoms with Gasteiger partial charge in [-0.25, -0.2) is 9.59 Å². The summed E-state index contributed by atoms with van der Waals surface area (Å²) in [5, 5.41) is 24.1. The van der Waals surface area contributed by atoms with Crippen LogP contribution in [0.1, 0.15) is 19.3 Å². The lowest BCUT2D eigenvalue weighted by Gasteiger charge is -2.21. The van der Waals surface area contributed by atoms with E-state index in [0.717, 1.165) is 0 Å². The number of aliphatic hydroxyl groups excluding tert-OH is 1. The number of aliphatic hydroxyl groups is 1. The number of carbonyl (C=O) groups is 4. The molecule has 1 rings (SSSR count). The Morgan fingerprint density at radius 1 is 1.42 bits per heavy atom. The number of hydrogen-bond acceptors (Lipinski definition) is 5. The van der Waals surface area contributed by atoms with Crippen LogP contribution >= 0.6 is 0 Å². The molecule has 2 atom stereocenters. The summed E-state index contributed by atoms with van der Waals surface area (Å²) in [4.78, 5) is 43.9. The maximum atomic E-state index is 11.4. The molecule has 1 aliphatic heterocycles. The number of carbonyl (C=O) groups excluding carboxylic acids is 3. The lowest BCUT2D eigenvalue weighted by Crippen LogP contribution is -2.54. The van der Waals surface area contributed by atoms with Crippen molar-refractivity contribution in [2.75, 3.05) is 6.54 Å². The fourth-order valence-electron chi connectivity index (χ4n) is 1.49. The second kappa shape index (κ2) is 6.69. The van der Waals surface area contributed by atoms with Gasteiger partial charge in [0.2, 0.25) is 11.8 Å². The van der Waals surface area contributed by atoms with Gasteiger partial charge in [-0.2, -0.15) is 0 Å². The molecule has 1 aliphatic rings. The van der Waals surface area contributed by atoms with Crippen LogP contribution in [0.25, 0.3) is 0 Å². The molecule has 0 spiro atoms. The van der Waals surface area contributed by atoms with Crippen molar-refractivity contribution in [2.24, 2.45) is 0 Å². The van der Waals surface area contributed by atoms with Crippen LogP contribution in [0.4, 0.5) is 4.79 Å². The van der Waals surface area contributed by atoms with Crippen LogP contribution in [-0.2, 0) is 14.4 Å². The molecule has 9 heteroatoms. The van der Waals surface area contributed by atoms with E-state index in [1.165, 1.54) is 0 Å². The first-order valence-electron chi connectivity index (χ1n) is 5.69. The Morgan fingerprint density at radius 3 is 2.68 bits per heavy atom. The third-order valence-electron chi connectivity index (χ3n) is 2.53. The highest BCUT2D eigenvalue weighted by atomic mass is 16.4. The van der Waals surface area contributed by atoms with Crippen LogP contribution in [0.2, 0.25) is 0 Å². The zero-order valence-corrected chi connectivity index (χ0v) is 10.0. The van der Waals surface area contributed by atoms with Crippen molar-refractivity contribution in [3.63, 3.8) is 0 Å². The molecule has 0 aromatic rings. The van der Waals surface area contributed by atoms with E-state index in [1.54, 1.807) is 0 Å². The Labute approximate surface area is 108 Å². The van der Waals surface area contributed by atoms with E-state index in [4.69, 9.17) is 10.2 Å². The summed E-state index contributed by atoms with van der Waals surface area (Å²) in [6.45, 7) is -0.0490. The van der Waals surface area contributed by atoms with Gasteiger partial charge in [0.05, 0.1) is 0 Å². The third kappa shape index (κ3) is 4.92. The molecule has 0 aromatic heterocycles. The quantitative estimate of drug-likeness (QED) is 0.364. The highest BCUT2D eigenvalue weighted by molar-refractivity contribution is 6.01. The zero-order chi connectivity index (χ0) is 14.4. The lowest BCUT2D eigenvalue weighted by molar-refractivity contribution is -0.146. The van der Waals surface area contributed by atoms with Crippen molar-refractivity contribution < 1.29 is 29.4 Å². The van der Waals surface area contributed by atoms with Gasteiger partial charge in [-0.15, -0.1) is 0 Å². The molecule has 5 N–H and O–H groups in total. The third-order valence-corrected chi connectivity index (χ3v) is 2.53. The maximum absolute atomic E-state index is 11.4. The van der Waals surface area contributed by atoms with Crippen LogP contribution in [0.15, 0.2) is 0 Å². The molecule has 2 unspecified atom stereocenters. The number of rotatable bonds is 5. The van der Waals surface area contributed by atoms with Gasteiger partial charge < -0.3 is 20.8 Å². The van der Waals surface area contributed by atoms with Crippen LogP contribution in [0.5, 0.6) is 0 Å². The normalized spacial score (nSPS) is 20.4. The largest absolute Gasteiger partial charge is 0.479 e. The van der Waals surface area contributed by atoms with Crippen molar-refractivity contribution in [3.05, 3.63) is 0 Å². The van der Waals surface area contributed by atoms with E-state index in [-0.39, 0.29) is 31.7 Å². The molecule has 1 heterocycles. The Balaban J connectivity index is 2.26. The Hall–Kier alpha value is -2.16. The molecule has 1 fully saturated rings. The van der Waals surface area contributed by atoms with Crippen LogP contribution in [0.3, 0.4) is 0 Å². The van der Waals surface area contributed by atoms with E-state index in [0.29, 0.717) is 0 Å². The molecule has 106 valence electrons. The first-order valence-corrected chi connectivity index (χ1v) is 5.69. The first kappa shape index (κ1) is 14.9. The second-order valence-electron chi connectivity index (χ2n) is 4.05. The van der Waals surface area contributed by atoms with Gasteiger partial charge in [-0.3, -0.25) is 14.9 Å². The fraction of sp³-hybridized carbons (Fsp3) is 0.600. The van der Waals surface area contributed by atoms with Crippen molar-refractivity contribution in [1.29, 1.82) is 0 Å². The standard InChI is InChI=1S/C10H15N3O6/c14-6(9(17)18)3-4-11-10(19)12-5-1-2-7(15)13-8(5)16/h5-6,14H,1-4H2,(H,17,18)(H2,11,12,19)(H,13,15,16). The molecule has 9 nitrogen and oxygen atoms in total. The summed E-state index contributed by atoms with van der Waals surface area (Å²) in [6, 6.07) is -1.45. The predicted molar refractivity (Wildman–Crippen MR) is 61.0 cm³/mol. The van der Waals surface area contributed by atoms with E-state index in [9.17, 15) is 19.2 Å². The zero-order valence-electron chi connectivity index (χ0n) is 10.0. The van der Waals surface area contributed by atoms with Crippen LogP contribution in [-0.4, -0.2) is 52.7 Å². The minimum atomic E-state index is -1.55. The summed E-state index contributed by atoms with van der Waals surface area (Å²) in [5.74, 6) is -2.32. The fourth-order valence-corrected chi connectivity index (χ4v) is 1.49. The number of imide groups is 1. The SMILES string of the molecule is O=C1CCC(NC(=O)NCCC(O)C(=O)O)C(=O)N1. The lowest BCUT2D eigenvalue weighted by atomic mass is 10.1. The molecule has 0 aromatic carbocycles. The summed E-state index contributed by atoms with van der Waals surface area (Å²) in [6.07, 6.45) is -1.32. The first-order chi connectivity index (χ1) is 8.90. The number of aliphatic carboxylic acids is 1. The molecule has 0 aliphatic carbocycles. The number of carboxylic acid groups (broad SMARTS) is 1. The molecule has 1 saturated heterocycles. The highest BCUT2D eigenvalue weighted by Gasteiger charge is 2.27. The summed E-state index contributed by atoms with van der Waals surface area (Å²) in [7, 11) is 0. The molecule has 19 heavy (non-hydrogen) atoms. The van der Waals surface area contributed by atoms with Gasteiger partial charge in [-0.1, -0.05) is 0 Å². The summed E-state index contributed by atoms with van der Waals surface area (Å²) < 4.78 is 0. The molecule has 4 amide bonds. The number of nitrogens with one attached hydrogen (secondary N) is 3. The van der Waals surface area contributed by atoms with Crippen molar-refractivity contribution in [3.8, 4) is 0 Å². The minimum absolute atomic E-state index is 0.0490. The van der Waals surface area contributed by atoms with E-state index < -0.39 is 30.1 Å². The topological polar surface area (TPSA) is 145 Å². The molecule has 0 bridgehead atoms. The van der Waals surface area contributed by atoms with Crippen molar-refractivity contribution in [2.45, 2.75) is 31.4 Å². The van der Waals surface area contributed by atoms with E-state index >= 15 is 0 Å². The minimum Gasteiger partial charge on any atom is -0.479 e. The Bertz CT molecular complexity index is 397. The van der Waals surface area contributed by atoms with Crippen molar-refractivity contribution >= 4 is 23.8 Å². The van der Waals surface area contributed by atoms with Gasteiger partial charge in [0.25, 0.3) is 0 Å². The van der Waals surface area contributed by atoms with E-state index in [2.05, 4.69) is 16.0 Å². The number of piperidine rings is 1. The number of hydrogen-bond donors (Lipinski definition) is 5. The Kier molecular flexibility index (Phi) is 5.24. The second-order valence-corrected chi connectivity index (χ2v) is 4.05. The molecular formula is C10H15N3O6.